The van der Waals surface area contributed by atoms with Crippen molar-refractivity contribution >= 4 is 34.4 Å². The van der Waals surface area contributed by atoms with Gasteiger partial charge in [0.25, 0.3) is 0 Å². The van der Waals surface area contributed by atoms with Crippen LogP contribution >= 0.6 is 11.6 Å². The highest BCUT2D eigenvalue weighted by atomic mass is 35.5. The van der Waals surface area contributed by atoms with E-state index in [1.807, 2.05) is 36.4 Å². The molecule has 23 heavy (non-hydrogen) atoms. The number of H-pyrrole nitrogens is 1. The predicted molar refractivity (Wildman–Crippen MR) is 95.1 cm³/mol. The number of aromatic amines is 1. The van der Waals surface area contributed by atoms with E-state index in [0.29, 0.717) is 5.02 Å². The van der Waals surface area contributed by atoms with Gasteiger partial charge < -0.3 is 4.98 Å². The molecule has 0 amide bonds. The van der Waals surface area contributed by atoms with Gasteiger partial charge in [-0.25, -0.2) is 0 Å². The van der Waals surface area contributed by atoms with Crippen molar-refractivity contribution in [2.75, 3.05) is 0 Å². The van der Waals surface area contributed by atoms with Crippen molar-refractivity contribution in [3.8, 4) is 0 Å². The zero-order chi connectivity index (χ0) is 16.0. The van der Waals surface area contributed by atoms with Gasteiger partial charge in [-0.15, -0.1) is 0 Å². The third-order valence-corrected chi connectivity index (χ3v) is 4.80. The Labute approximate surface area is 139 Å². The Morgan fingerprint density at radius 1 is 1.13 bits per heavy atom. The van der Waals surface area contributed by atoms with Gasteiger partial charge in [0.05, 0.1) is 5.69 Å². The van der Waals surface area contributed by atoms with Crippen molar-refractivity contribution in [2.45, 2.75) is 19.8 Å². The third kappa shape index (κ3) is 2.40. The van der Waals surface area contributed by atoms with Crippen LogP contribution < -0.4 is 0 Å². The smallest absolute Gasteiger partial charge is 0.205 e. The number of benzene rings is 2. The van der Waals surface area contributed by atoms with Gasteiger partial charge in [0.1, 0.15) is 0 Å². The zero-order valence-electron chi connectivity index (χ0n) is 12.8. The molecular weight excluding hydrogens is 306 g/mol. The fraction of sp³-hybridized carbons (Fsp3) is 0.150. The van der Waals surface area contributed by atoms with E-state index in [1.54, 1.807) is 0 Å². The van der Waals surface area contributed by atoms with Crippen LogP contribution in [0.15, 0.2) is 48.0 Å². The monoisotopic (exact) mass is 321 g/mol. The number of rotatable bonds is 1. The molecule has 0 saturated carbocycles. The van der Waals surface area contributed by atoms with E-state index in [2.05, 4.69) is 24.0 Å². The predicted octanol–water partition coefficient (Wildman–Crippen LogP) is 5.34. The molecule has 0 fully saturated rings. The summed E-state index contributed by atoms with van der Waals surface area (Å²) in [6.45, 7) is 2.08. The summed E-state index contributed by atoms with van der Waals surface area (Å²) in [5.41, 5.74) is 5.83. The first-order valence-electron chi connectivity index (χ1n) is 7.74. The first-order chi connectivity index (χ1) is 11.1. The van der Waals surface area contributed by atoms with Crippen LogP contribution in [0.4, 0.5) is 0 Å². The van der Waals surface area contributed by atoms with E-state index >= 15 is 0 Å². The summed E-state index contributed by atoms with van der Waals surface area (Å²) in [5, 5.41) is 1.84. The van der Waals surface area contributed by atoms with Crippen LogP contribution in [0.3, 0.4) is 0 Å². The molecule has 1 heterocycles. The molecule has 0 radical (unpaired) electrons. The number of hydrogen-bond acceptors (Lipinski definition) is 1. The minimum absolute atomic E-state index is 0.0834. The summed E-state index contributed by atoms with van der Waals surface area (Å²) in [5.74, 6) is 0.0834. The summed E-state index contributed by atoms with van der Waals surface area (Å²) in [6.07, 6.45) is 3.54. The zero-order valence-corrected chi connectivity index (χ0v) is 13.6. The molecule has 0 aliphatic heterocycles. The maximum absolute atomic E-state index is 12.8. The van der Waals surface area contributed by atoms with Gasteiger partial charge in [0, 0.05) is 21.5 Å². The largest absolute Gasteiger partial charge is 0.352 e. The highest BCUT2D eigenvalue weighted by Crippen LogP contribution is 2.33. The minimum Gasteiger partial charge on any atom is -0.352 e. The summed E-state index contributed by atoms with van der Waals surface area (Å²) >= 11 is 6.21. The normalized spacial score (nSPS) is 16.1. The summed E-state index contributed by atoms with van der Waals surface area (Å²) in [6, 6.07) is 13.9. The van der Waals surface area contributed by atoms with Gasteiger partial charge in [-0.1, -0.05) is 41.4 Å². The molecule has 1 aliphatic rings. The second-order valence-corrected chi connectivity index (χ2v) is 6.46. The lowest BCUT2D eigenvalue weighted by molar-refractivity contribution is 0.102. The molecule has 1 aliphatic carbocycles. The molecule has 2 aromatic carbocycles. The summed E-state index contributed by atoms with van der Waals surface area (Å²) < 4.78 is 0. The Hall–Kier alpha value is -2.32. The number of Topliss-reactive ketones (excluding diaryl/α,β-unsaturated/α-hetero) is 1. The standard InChI is InChI=1S/C20H16ClNO/c1-12-6-9-18-16(10-12)15-8-7-14(20(23)19(15)22-18)11-13-4-2-3-5-17(13)21/h2-6,9-11,22H,7-8H2,1H3/b14-11+. The lowest BCUT2D eigenvalue weighted by atomic mass is 9.89. The second-order valence-electron chi connectivity index (χ2n) is 6.05. The molecule has 0 bridgehead atoms. The number of fused-ring (bicyclic) bond motifs is 3. The van der Waals surface area contributed by atoms with Crippen molar-refractivity contribution in [1.82, 2.24) is 4.98 Å². The fourth-order valence-electron chi connectivity index (χ4n) is 3.27. The van der Waals surface area contributed by atoms with Gasteiger partial charge >= 0.3 is 0 Å². The molecule has 2 nitrogen and oxygen atoms in total. The number of carbonyl (C=O) groups excluding carboxylic acids is 1. The lowest BCUT2D eigenvalue weighted by Crippen LogP contribution is -2.13. The number of aromatic nitrogens is 1. The Morgan fingerprint density at radius 3 is 2.78 bits per heavy atom. The van der Waals surface area contributed by atoms with Crippen molar-refractivity contribution in [3.63, 3.8) is 0 Å². The number of carbonyl (C=O) groups is 1. The van der Waals surface area contributed by atoms with Crippen LogP contribution in [0.1, 0.15) is 33.6 Å². The summed E-state index contributed by atoms with van der Waals surface area (Å²) in [7, 11) is 0. The number of hydrogen-bond donors (Lipinski definition) is 1. The maximum Gasteiger partial charge on any atom is 0.205 e. The van der Waals surface area contributed by atoms with E-state index in [1.165, 1.54) is 10.9 Å². The maximum atomic E-state index is 12.8. The van der Waals surface area contributed by atoms with Gasteiger partial charge in [-0.3, -0.25) is 4.79 Å². The molecule has 114 valence electrons. The molecule has 0 saturated heterocycles. The molecule has 0 unspecified atom stereocenters. The SMILES string of the molecule is Cc1ccc2[nH]c3c(c2c1)CC/C(=C\c1ccccc1Cl)C3=O. The van der Waals surface area contributed by atoms with Crippen LogP contribution in [-0.2, 0) is 6.42 Å². The van der Waals surface area contributed by atoms with E-state index in [9.17, 15) is 4.79 Å². The Bertz CT molecular complexity index is 965. The number of allylic oxidation sites excluding steroid dienone is 1. The lowest BCUT2D eigenvalue weighted by Gasteiger charge is -2.14. The Balaban J connectivity index is 1.81. The first-order valence-corrected chi connectivity index (χ1v) is 8.12. The van der Waals surface area contributed by atoms with E-state index < -0.39 is 0 Å². The first kappa shape index (κ1) is 14.3. The number of halogens is 1. The Kier molecular flexibility index (Phi) is 3.35. The van der Waals surface area contributed by atoms with Crippen molar-refractivity contribution in [2.24, 2.45) is 0 Å². The second kappa shape index (κ2) is 5.39. The average molecular weight is 322 g/mol. The summed E-state index contributed by atoms with van der Waals surface area (Å²) in [4.78, 5) is 16.1. The van der Waals surface area contributed by atoms with Crippen LogP contribution in [-0.4, -0.2) is 10.8 Å². The Morgan fingerprint density at radius 2 is 1.96 bits per heavy atom. The highest BCUT2D eigenvalue weighted by Gasteiger charge is 2.25. The van der Waals surface area contributed by atoms with E-state index in [-0.39, 0.29) is 5.78 Å². The van der Waals surface area contributed by atoms with Crippen LogP contribution in [0.2, 0.25) is 5.02 Å². The van der Waals surface area contributed by atoms with Gasteiger partial charge in [0.15, 0.2) is 0 Å². The minimum atomic E-state index is 0.0834. The molecule has 3 heteroatoms. The average Bonchev–Trinajstić information content (AvgIpc) is 2.91. The molecule has 1 aromatic heterocycles. The molecular formula is C20H16ClNO. The van der Waals surface area contributed by atoms with Crippen molar-refractivity contribution in [3.05, 3.63) is 75.4 Å². The molecule has 0 spiro atoms. The molecule has 0 atom stereocenters. The van der Waals surface area contributed by atoms with Crippen molar-refractivity contribution in [1.29, 1.82) is 0 Å². The number of nitrogens with one attached hydrogen (secondary N) is 1. The van der Waals surface area contributed by atoms with E-state index in [4.69, 9.17) is 11.6 Å². The third-order valence-electron chi connectivity index (χ3n) is 4.46. The van der Waals surface area contributed by atoms with Gasteiger partial charge in [-0.2, -0.15) is 0 Å². The molecule has 1 N–H and O–H groups in total. The number of aryl methyl sites for hydroxylation is 2. The number of ketones is 1. The fourth-order valence-corrected chi connectivity index (χ4v) is 3.46. The molecule has 4 rings (SSSR count). The van der Waals surface area contributed by atoms with E-state index in [0.717, 1.165) is 40.8 Å². The highest BCUT2D eigenvalue weighted by molar-refractivity contribution is 6.32. The van der Waals surface area contributed by atoms with Crippen LogP contribution in [0.5, 0.6) is 0 Å². The topological polar surface area (TPSA) is 32.9 Å². The molecule has 3 aromatic rings. The van der Waals surface area contributed by atoms with Crippen molar-refractivity contribution < 1.29 is 4.79 Å². The quantitative estimate of drug-likeness (QED) is 0.603. The van der Waals surface area contributed by atoms with Crippen LogP contribution in [0.25, 0.3) is 17.0 Å². The van der Waals surface area contributed by atoms with Gasteiger partial charge in [0.2, 0.25) is 5.78 Å². The van der Waals surface area contributed by atoms with Crippen LogP contribution in [0, 0.1) is 6.92 Å². The van der Waals surface area contributed by atoms with Gasteiger partial charge in [-0.05, 0) is 55.2 Å².